The molecule has 6 atom stereocenters. The summed E-state index contributed by atoms with van der Waals surface area (Å²) in [5.74, 6) is -2.39. The molecule has 0 heterocycles. The van der Waals surface area contributed by atoms with Crippen LogP contribution in [0, 0.1) is 34.0 Å². The maximum Gasteiger partial charge on any atom is 0.175 e. The van der Waals surface area contributed by atoms with E-state index in [2.05, 4.69) is 0 Å². The molecule has 3 N–H and O–H groups in total. The predicted octanol–water partition coefficient (Wildman–Crippen LogP) is 2.73. The standard InChI is InChI=1S/C25H36O6/c1-4-9-25(30,31)24(21(29)14-26)11-8-18-17-6-5-15-12-16(27)13-20(28)23(15,3)19(17)7-10-22(18,24)2/h12,17-19,26,30-31H,4-11,13-14H2,1-3H3/t17-,18-,19-,22-,23-,24-/m0/s1. The average Bonchev–Trinajstić information content (AvgIpc) is 3.03. The van der Waals surface area contributed by atoms with Gasteiger partial charge in [0.2, 0.25) is 0 Å². The van der Waals surface area contributed by atoms with Crippen molar-refractivity contribution in [1.29, 1.82) is 0 Å². The summed E-state index contributed by atoms with van der Waals surface area (Å²) in [6, 6.07) is 0. The molecule has 6 heteroatoms. The Morgan fingerprint density at radius 2 is 1.81 bits per heavy atom. The van der Waals surface area contributed by atoms with Crippen LogP contribution in [0.3, 0.4) is 0 Å². The first-order valence-electron chi connectivity index (χ1n) is 11.9. The highest BCUT2D eigenvalue weighted by molar-refractivity contribution is 6.11. The molecule has 0 aromatic heterocycles. The highest BCUT2D eigenvalue weighted by atomic mass is 16.5. The van der Waals surface area contributed by atoms with Crippen LogP contribution in [0.25, 0.3) is 0 Å². The van der Waals surface area contributed by atoms with E-state index in [1.807, 2.05) is 20.8 Å². The summed E-state index contributed by atoms with van der Waals surface area (Å²) in [6.07, 6.45) is 6.12. The second-order valence-corrected chi connectivity index (χ2v) is 10.9. The minimum absolute atomic E-state index is 0.00800. The number of allylic oxidation sites excluding steroid dienone is 1. The Balaban J connectivity index is 1.77. The largest absolute Gasteiger partial charge is 0.389 e. The van der Waals surface area contributed by atoms with Crippen LogP contribution in [0.2, 0.25) is 0 Å². The van der Waals surface area contributed by atoms with Crippen LogP contribution in [0.4, 0.5) is 0 Å². The van der Waals surface area contributed by atoms with E-state index in [1.54, 1.807) is 6.08 Å². The Bertz CT molecular complexity index is 843. The van der Waals surface area contributed by atoms with Crippen LogP contribution in [-0.2, 0) is 14.4 Å². The van der Waals surface area contributed by atoms with Crippen molar-refractivity contribution in [3.8, 4) is 0 Å². The molecular weight excluding hydrogens is 396 g/mol. The van der Waals surface area contributed by atoms with E-state index in [0.29, 0.717) is 38.5 Å². The molecule has 4 rings (SSSR count). The predicted molar refractivity (Wildman–Crippen MR) is 114 cm³/mol. The fourth-order valence-electron chi connectivity index (χ4n) is 8.50. The Morgan fingerprint density at radius 3 is 2.45 bits per heavy atom. The maximum atomic E-state index is 13.2. The van der Waals surface area contributed by atoms with Crippen LogP contribution in [0.15, 0.2) is 11.6 Å². The molecule has 0 aromatic carbocycles. The van der Waals surface area contributed by atoms with Gasteiger partial charge in [-0.3, -0.25) is 14.4 Å². The quantitative estimate of drug-likeness (QED) is 0.455. The molecule has 0 aliphatic heterocycles. The van der Waals surface area contributed by atoms with E-state index >= 15 is 0 Å². The number of Topliss-reactive ketones (excluding diaryl/α,β-unsaturated/α-hetero) is 2. The minimum Gasteiger partial charge on any atom is -0.389 e. The highest BCUT2D eigenvalue weighted by Crippen LogP contribution is 2.72. The Kier molecular flexibility index (Phi) is 5.39. The Morgan fingerprint density at radius 1 is 1.13 bits per heavy atom. The topological polar surface area (TPSA) is 112 Å². The van der Waals surface area contributed by atoms with Gasteiger partial charge >= 0.3 is 0 Å². The molecule has 4 aliphatic rings. The van der Waals surface area contributed by atoms with Crippen LogP contribution in [0.1, 0.15) is 78.6 Å². The zero-order valence-corrected chi connectivity index (χ0v) is 18.9. The van der Waals surface area contributed by atoms with E-state index in [9.17, 15) is 29.7 Å². The number of hydrogen-bond donors (Lipinski definition) is 3. The van der Waals surface area contributed by atoms with E-state index in [1.165, 1.54) is 0 Å². The lowest BCUT2D eigenvalue weighted by atomic mass is 9.43. The lowest BCUT2D eigenvalue weighted by Crippen LogP contribution is -2.64. The van der Waals surface area contributed by atoms with Gasteiger partial charge in [-0.15, -0.1) is 0 Å². The van der Waals surface area contributed by atoms with Gasteiger partial charge in [-0.05, 0) is 74.7 Å². The minimum atomic E-state index is -2.17. The van der Waals surface area contributed by atoms with Crippen molar-refractivity contribution < 1.29 is 29.7 Å². The summed E-state index contributed by atoms with van der Waals surface area (Å²) in [7, 11) is 0. The molecule has 4 aliphatic carbocycles. The van der Waals surface area contributed by atoms with E-state index < -0.39 is 34.4 Å². The van der Waals surface area contributed by atoms with Crippen molar-refractivity contribution in [1.82, 2.24) is 0 Å². The number of rotatable bonds is 5. The van der Waals surface area contributed by atoms with Crippen LogP contribution < -0.4 is 0 Å². The van der Waals surface area contributed by atoms with Gasteiger partial charge in [0, 0.05) is 6.42 Å². The first-order valence-corrected chi connectivity index (χ1v) is 11.9. The molecule has 0 radical (unpaired) electrons. The van der Waals surface area contributed by atoms with Crippen molar-refractivity contribution >= 4 is 17.3 Å². The smallest absolute Gasteiger partial charge is 0.175 e. The molecule has 3 fully saturated rings. The summed E-state index contributed by atoms with van der Waals surface area (Å²) in [4.78, 5) is 38.3. The third-order valence-corrected chi connectivity index (χ3v) is 9.94. The zero-order chi connectivity index (χ0) is 22.8. The molecule has 0 bridgehead atoms. The van der Waals surface area contributed by atoms with Crippen molar-refractivity contribution in [2.24, 2.45) is 34.0 Å². The monoisotopic (exact) mass is 432 g/mol. The normalized spacial score (nSPS) is 42.5. The molecular formula is C25H36O6. The first-order chi connectivity index (χ1) is 14.5. The third-order valence-electron chi connectivity index (χ3n) is 9.94. The summed E-state index contributed by atoms with van der Waals surface area (Å²) in [5, 5.41) is 32.2. The molecule has 6 nitrogen and oxygen atoms in total. The number of aliphatic hydroxyl groups excluding tert-OH is 1. The Hall–Kier alpha value is -1.37. The molecule has 0 aromatic rings. The first kappa shape index (κ1) is 22.8. The molecule has 31 heavy (non-hydrogen) atoms. The lowest BCUT2D eigenvalue weighted by molar-refractivity contribution is -0.275. The fraction of sp³-hybridized carbons (Fsp3) is 0.800. The fourth-order valence-corrected chi connectivity index (χ4v) is 8.50. The van der Waals surface area contributed by atoms with Gasteiger partial charge in [-0.25, -0.2) is 0 Å². The van der Waals surface area contributed by atoms with Crippen molar-refractivity contribution in [3.63, 3.8) is 0 Å². The molecule has 3 saturated carbocycles. The van der Waals surface area contributed by atoms with Gasteiger partial charge in [-0.1, -0.05) is 25.8 Å². The van der Waals surface area contributed by atoms with Gasteiger partial charge in [0.1, 0.15) is 6.61 Å². The molecule has 0 unspecified atom stereocenters. The number of aliphatic hydroxyl groups is 3. The van der Waals surface area contributed by atoms with Crippen molar-refractivity contribution in [3.05, 3.63) is 11.6 Å². The van der Waals surface area contributed by atoms with E-state index in [4.69, 9.17) is 0 Å². The van der Waals surface area contributed by atoms with E-state index in [-0.39, 0.29) is 42.2 Å². The second-order valence-electron chi connectivity index (χ2n) is 10.9. The van der Waals surface area contributed by atoms with Crippen molar-refractivity contribution in [2.45, 2.75) is 84.3 Å². The second kappa shape index (κ2) is 7.32. The number of carbonyl (C=O) groups is 3. The summed E-state index contributed by atoms with van der Waals surface area (Å²) in [5.41, 5.74) is -1.73. The third kappa shape index (κ3) is 2.77. The lowest BCUT2D eigenvalue weighted by Gasteiger charge is -2.60. The number of hydrogen-bond acceptors (Lipinski definition) is 6. The van der Waals surface area contributed by atoms with Gasteiger partial charge in [0.05, 0.1) is 17.3 Å². The number of fused-ring (bicyclic) bond motifs is 5. The van der Waals surface area contributed by atoms with Crippen LogP contribution in [-0.4, -0.2) is 45.1 Å². The molecule has 0 saturated heterocycles. The van der Waals surface area contributed by atoms with Crippen LogP contribution >= 0.6 is 0 Å². The van der Waals surface area contributed by atoms with Gasteiger partial charge < -0.3 is 15.3 Å². The van der Waals surface area contributed by atoms with Gasteiger partial charge in [-0.2, -0.15) is 0 Å². The highest BCUT2D eigenvalue weighted by Gasteiger charge is 2.72. The number of ketones is 3. The van der Waals surface area contributed by atoms with Gasteiger partial charge in [0.15, 0.2) is 23.1 Å². The zero-order valence-electron chi connectivity index (χ0n) is 18.9. The summed E-state index contributed by atoms with van der Waals surface area (Å²) < 4.78 is 0. The maximum absolute atomic E-state index is 13.2. The Labute approximate surface area is 184 Å². The van der Waals surface area contributed by atoms with E-state index in [0.717, 1.165) is 12.0 Å². The molecule has 0 amide bonds. The molecule has 0 spiro atoms. The van der Waals surface area contributed by atoms with Crippen LogP contribution in [0.5, 0.6) is 0 Å². The molecule has 172 valence electrons. The number of carbonyl (C=O) groups excluding carboxylic acids is 3. The van der Waals surface area contributed by atoms with Crippen molar-refractivity contribution in [2.75, 3.05) is 6.61 Å². The van der Waals surface area contributed by atoms with Gasteiger partial charge in [0.25, 0.3) is 0 Å². The summed E-state index contributed by atoms with van der Waals surface area (Å²) in [6.45, 7) is 5.16. The average molecular weight is 433 g/mol. The SMILES string of the molecule is CCCC(O)(O)[C@]1(C(=O)CO)CC[C@H]2[C@@H]3CCC4=CC(=O)CC(=O)[C@]4(C)[C@H]3CC[C@@]21C. The summed E-state index contributed by atoms with van der Waals surface area (Å²) >= 11 is 0.